The maximum atomic E-state index is 11.9. The highest BCUT2D eigenvalue weighted by Gasteiger charge is 2.14. The number of nitrogens with one attached hydrogen (secondary N) is 1. The highest BCUT2D eigenvalue weighted by Crippen LogP contribution is 2.11. The number of rotatable bonds is 10. The average molecular weight is 319 g/mol. The van der Waals surface area contributed by atoms with Gasteiger partial charge in [-0.25, -0.2) is 13.1 Å². The topological polar surface area (TPSA) is 59.1 Å². The fraction of sp³-hybridized carbons (Fsp3) is 0.643. The Bertz CT molecular complexity index is 459. The summed E-state index contributed by atoms with van der Waals surface area (Å²) in [6, 6.07) is 5.51. The number of halogens is 1. The van der Waals surface area contributed by atoms with Crippen LogP contribution in [0.1, 0.15) is 31.9 Å². The molecule has 1 heterocycles. The zero-order valence-electron chi connectivity index (χ0n) is 11.9. The highest BCUT2D eigenvalue weighted by atomic mass is 35.5. The van der Waals surface area contributed by atoms with Crippen LogP contribution in [0.4, 0.5) is 0 Å². The predicted molar refractivity (Wildman–Crippen MR) is 83.5 cm³/mol. The molecule has 0 radical (unpaired) electrons. The van der Waals surface area contributed by atoms with Gasteiger partial charge in [0.25, 0.3) is 0 Å². The van der Waals surface area contributed by atoms with Gasteiger partial charge in [0.2, 0.25) is 10.0 Å². The van der Waals surface area contributed by atoms with Crippen LogP contribution in [-0.4, -0.2) is 31.6 Å². The van der Waals surface area contributed by atoms with E-state index < -0.39 is 10.0 Å². The van der Waals surface area contributed by atoms with Crippen molar-refractivity contribution in [2.45, 2.75) is 32.6 Å². The number of nitrogens with zero attached hydrogens (tertiary/aromatic N) is 1. The molecule has 1 aromatic rings. The number of aryl methyl sites for hydroxylation is 1. The summed E-state index contributed by atoms with van der Waals surface area (Å²) in [7, 11) is -3.24. The lowest BCUT2D eigenvalue weighted by molar-refractivity contribution is 0.457. The number of aromatic nitrogens is 1. The molecule has 4 nitrogen and oxygen atoms in total. The molecule has 0 aliphatic carbocycles. The third-order valence-corrected chi connectivity index (χ3v) is 4.73. The minimum absolute atomic E-state index is 0.0731. The summed E-state index contributed by atoms with van der Waals surface area (Å²) in [6.07, 6.45) is 4.99. The first-order valence-electron chi connectivity index (χ1n) is 7.00. The molecule has 20 heavy (non-hydrogen) atoms. The summed E-state index contributed by atoms with van der Waals surface area (Å²) in [5.41, 5.74) is 0.795. The largest absolute Gasteiger partial charge is 0.261 e. The molecule has 0 bridgehead atoms. The molecule has 1 unspecified atom stereocenters. The van der Waals surface area contributed by atoms with Gasteiger partial charge in [0.15, 0.2) is 0 Å². The lowest BCUT2D eigenvalue weighted by Crippen LogP contribution is -2.32. The van der Waals surface area contributed by atoms with E-state index in [4.69, 9.17) is 11.6 Å². The molecule has 0 spiro atoms. The molecular formula is C14H23ClN2O2S. The van der Waals surface area contributed by atoms with Crippen LogP contribution in [0.2, 0.25) is 0 Å². The molecule has 0 fully saturated rings. The molecule has 0 aliphatic rings. The van der Waals surface area contributed by atoms with Crippen LogP contribution < -0.4 is 4.72 Å². The van der Waals surface area contributed by atoms with E-state index in [9.17, 15) is 8.42 Å². The molecule has 0 amide bonds. The van der Waals surface area contributed by atoms with E-state index >= 15 is 0 Å². The second-order valence-electron chi connectivity index (χ2n) is 4.87. The summed E-state index contributed by atoms with van der Waals surface area (Å²) in [6.45, 7) is 2.57. The molecule has 0 aliphatic heterocycles. The number of hydrogen-bond acceptors (Lipinski definition) is 3. The normalized spacial score (nSPS) is 13.3. The molecular weight excluding hydrogens is 296 g/mol. The van der Waals surface area contributed by atoms with Crippen molar-refractivity contribution in [2.75, 3.05) is 18.2 Å². The Morgan fingerprint density at radius 1 is 1.35 bits per heavy atom. The molecule has 0 aromatic carbocycles. The van der Waals surface area contributed by atoms with Gasteiger partial charge >= 0.3 is 0 Å². The molecule has 114 valence electrons. The van der Waals surface area contributed by atoms with Crippen molar-refractivity contribution in [1.29, 1.82) is 0 Å². The summed E-state index contributed by atoms with van der Waals surface area (Å²) in [5.74, 6) is 0.964. The highest BCUT2D eigenvalue weighted by molar-refractivity contribution is 7.89. The first kappa shape index (κ1) is 17.4. The Labute approximate surface area is 127 Å². The fourth-order valence-corrected chi connectivity index (χ4v) is 3.43. The van der Waals surface area contributed by atoms with Crippen molar-refractivity contribution < 1.29 is 8.42 Å². The number of pyridine rings is 1. The van der Waals surface area contributed by atoms with Crippen molar-refractivity contribution in [3.63, 3.8) is 0 Å². The molecule has 1 N–H and O–H groups in total. The van der Waals surface area contributed by atoms with Gasteiger partial charge in [-0.15, -0.1) is 11.6 Å². The third kappa shape index (κ3) is 7.22. The number of sulfonamides is 1. The van der Waals surface area contributed by atoms with Gasteiger partial charge in [-0.1, -0.05) is 19.4 Å². The van der Waals surface area contributed by atoms with Crippen LogP contribution in [-0.2, 0) is 16.4 Å². The van der Waals surface area contributed by atoms with Crippen LogP contribution in [0.3, 0.4) is 0 Å². The van der Waals surface area contributed by atoms with Crippen LogP contribution in [0.15, 0.2) is 24.4 Å². The monoisotopic (exact) mass is 318 g/mol. The van der Waals surface area contributed by atoms with Gasteiger partial charge in [-0.2, -0.15) is 0 Å². The Morgan fingerprint density at radius 2 is 2.15 bits per heavy atom. The standard InChI is InChI=1S/C14H23ClN2O2S/c1-2-5-13(7-9-15)12-17-20(18,19)11-8-14-6-3-4-10-16-14/h3-4,6,10,13,17H,2,5,7-9,11-12H2,1H3. The van der Waals surface area contributed by atoms with Crippen molar-refractivity contribution >= 4 is 21.6 Å². The minimum atomic E-state index is -3.24. The van der Waals surface area contributed by atoms with Gasteiger partial charge in [0.05, 0.1) is 5.75 Å². The Morgan fingerprint density at radius 3 is 2.75 bits per heavy atom. The second kappa shape index (κ2) is 9.32. The first-order chi connectivity index (χ1) is 9.57. The Hall–Kier alpha value is -0.650. The van der Waals surface area contributed by atoms with E-state index in [1.54, 1.807) is 6.20 Å². The molecule has 6 heteroatoms. The predicted octanol–water partition coefficient (Wildman–Crippen LogP) is 2.59. The van der Waals surface area contributed by atoms with Crippen LogP contribution >= 0.6 is 11.6 Å². The summed E-state index contributed by atoms with van der Waals surface area (Å²) in [5, 5.41) is 0. The smallest absolute Gasteiger partial charge is 0.211 e. The Kier molecular flexibility index (Phi) is 8.11. The van der Waals surface area contributed by atoms with E-state index in [0.717, 1.165) is 25.0 Å². The zero-order chi connectivity index (χ0) is 14.8. The third-order valence-electron chi connectivity index (χ3n) is 3.16. The Balaban J connectivity index is 2.40. The van der Waals surface area contributed by atoms with Crippen LogP contribution in [0.25, 0.3) is 0 Å². The number of hydrogen-bond donors (Lipinski definition) is 1. The summed E-state index contributed by atoms with van der Waals surface area (Å²) >= 11 is 5.74. The van der Waals surface area contributed by atoms with Crippen molar-refractivity contribution in [3.05, 3.63) is 30.1 Å². The maximum Gasteiger partial charge on any atom is 0.211 e. The van der Waals surface area contributed by atoms with Crippen molar-refractivity contribution in [3.8, 4) is 0 Å². The van der Waals surface area contributed by atoms with E-state index in [1.807, 2.05) is 18.2 Å². The number of alkyl halides is 1. The van der Waals surface area contributed by atoms with E-state index in [-0.39, 0.29) is 5.75 Å². The molecule has 1 aromatic heterocycles. The lowest BCUT2D eigenvalue weighted by Gasteiger charge is -2.15. The quantitative estimate of drug-likeness (QED) is 0.675. The zero-order valence-corrected chi connectivity index (χ0v) is 13.5. The van der Waals surface area contributed by atoms with Gasteiger partial charge in [0, 0.05) is 30.7 Å². The van der Waals surface area contributed by atoms with E-state index in [1.165, 1.54) is 0 Å². The van der Waals surface area contributed by atoms with Crippen LogP contribution in [0, 0.1) is 5.92 Å². The van der Waals surface area contributed by atoms with E-state index in [2.05, 4.69) is 16.6 Å². The average Bonchev–Trinajstić information content (AvgIpc) is 2.45. The summed E-state index contributed by atoms with van der Waals surface area (Å²) in [4.78, 5) is 4.13. The van der Waals surface area contributed by atoms with Gasteiger partial charge in [-0.05, 0) is 30.9 Å². The SMILES string of the molecule is CCCC(CCCl)CNS(=O)(=O)CCc1ccccn1. The molecule has 0 saturated heterocycles. The summed E-state index contributed by atoms with van der Waals surface area (Å²) < 4.78 is 26.6. The van der Waals surface area contributed by atoms with Crippen molar-refractivity contribution in [1.82, 2.24) is 9.71 Å². The van der Waals surface area contributed by atoms with Crippen molar-refractivity contribution in [2.24, 2.45) is 5.92 Å². The molecule has 1 atom stereocenters. The first-order valence-corrected chi connectivity index (χ1v) is 9.19. The molecule has 1 rings (SSSR count). The van der Waals surface area contributed by atoms with Crippen LogP contribution in [0.5, 0.6) is 0 Å². The van der Waals surface area contributed by atoms with Gasteiger partial charge < -0.3 is 0 Å². The van der Waals surface area contributed by atoms with Gasteiger partial charge in [0.1, 0.15) is 0 Å². The van der Waals surface area contributed by atoms with Gasteiger partial charge in [-0.3, -0.25) is 4.98 Å². The maximum absolute atomic E-state index is 11.9. The van der Waals surface area contributed by atoms with E-state index in [0.29, 0.717) is 24.8 Å². The second-order valence-corrected chi connectivity index (χ2v) is 7.18. The molecule has 0 saturated carbocycles. The lowest BCUT2D eigenvalue weighted by atomic mass is 10.0. The minimum Gasteiger partial charge on any atom is -0.261 e. The fourth-order valence-electron chi connectivity index (χ4n) is 2.01.